The number of halogens is 2. The molecule has 0 radical (unpaired) electrons. The number of hydrogen-bond donors (Lipinski definition) is 4. The summed E-state index contributed by atoms with van der Waals surface area (Å²) in [7, 11) is 1.58. The Balaban J connectivity index is 0.000000162. The Morgan fingerprint density at radius 2 is 1.08 bits per heavy atom. The van der Waals surface area contributed by atoms with Crippen molar-refractivity contribution in [3.05, 3.63) is 147 Å². The maximum atomic E-state index is 14.0. The van der Waals surface area contributed by atoms with E-state index in [4.69, 9.17) is 31.6 Å². The van der Waals surface area contributed by atoms with Crippen LogP contribution >= 0.6 is 0 Å². The number of nitrogen functional groups attached to an aromatic ring is 2. The van der Waals surface area contributed by atoms with E-state index in [1.54, 1.807) is 61.9 Å². The van der Waals surface area contributed by atoms with Crippen LogP contribution in [0, 0.1) is 11.6 Å². The fraction of sp³-hybridized carbons (Fsp3) is 0.259. The van der Waals surface area contributed by atoms with Crippen LogP contribution in [-0.4, -0.2) is 77.5 Å². The van der Waals surface area contributed by atoms with E-state index >= 15 is 0 Å². The van der Waals surface area contributed by atoms with Gasteiger partial charge >= 0.3 is 0 Å². The maximum Gasteiger partial charge on any atom is 0.261 e. The number of carbonyl (C=O) groups excluding carboxylic acids is 2. The highest BCUT2D eigenvalue weighted by atomic mass is 19.1. The van der Waals surface area contributed by atoms with Gasteiger partial charge in [0, 0.05) is 48.4 Å². The quantitative estimate of drug-likeness (QED) is 0.0909. The lowest BCUT2D eigenvalue weighted by atomic mass is 10.1. The summed E-state index contributed by atoms with van der Waals surface area (Å²) >= 11 is 0. The van der Waals surface area contributed by atoms with Crippen LogP contribution in [0.5, 0.6) is 0 Å². The molecular weight excluding hydrogens is 975 g/mol. The molecule has 2 aliphatic carbocycles. The van der Waals surface area contributed by atoms with Crippen LogP contribution in [0.1, 0.15) is 105 Å². The number of benzene rings is 4. The molecule has 20 nitrogen and oxygen atoms in total. The number of nitrogens with two attached hydrogens (primary N) is 2. The first kappa shape index (κ1) is 48.9. The highest BCUT2D eigenvalue weighted by Gasteiger charge is 2.35. The zero-order valence-corrected chi connectivity index (χ0v) is 41.7. The van der Waals surface area contributed by atoms with Gasteiger partial charge in [-0.15, -0.1) is 0 Å². The number of nitrogens with zero attached hydrogens (tertiary/aromatic N) is 12. The van der Waals surface area contributed by atoms with Crippen molar-refractivity contribution in [1.29, 1.82) is 0 Å². The third-order valence-electron chi connectivity index (χ3n) is 13.7. The van der Waals surface area contributed by atoms with Crippen LogP contribution < -0.4 is 33.2 Å². The van der Waals surface area contributed by atoms with Gasteiger partial charge in [-0.2, -0.15) is 10.2 Å². The molecule has 2 fully saturated rings. The summed E-state index contributed by atoms with van der Waals surface area (Å²) in [5.74, 6) is 0.329. The van der Waals surface area contributed by atoms with Gasteiger partial charge in [-0.05, 0) is 99.2 Å². The van der Waals surface area contributed by atoms with E-state index in [9.17, 15) is 28.0 Å². The van der Waals surface area contributed by atoms with Crippen molar-refractivity contribution in [1.82, 2.24) is 63.9 Å². The zero-order chi connectivity index (χ0) is 53.1. The predicted octanol–water partition coefficient (Wildman–Crippen LogP) is 7.84. The summed E-state index contributed by atoms with van der Waals surface area (Å²) in [6.07, 6.45) is 7.30. The lowest BCUT2D eigenvalue weighted by molar-refractivity contribution is -0.114. The van der Waals surface area contributed by atoms with Gasteiger partial charge < -0.3 is 22.1 Å². The van der Waals surface area contributed by atoms with Crippen molar-refractivity contribution < 1.29 is 18.4 Å². The normalized spacial score (nSPS) is 14.2. The first-order chi connectivity index (χ1) is 36.8. The third-order valence-corrected chi connectivity index (χ3v) is 13.7. The second-order valence-electron chi connectivity index (χ2n) is 18.8. The Labute approximate surface area is 430 Å². The van der Waals surface area contributed by atoms with Gasteiger partial charge in [-0.1, -0.05) is 38.1 Å². The van der Waals surface area contributed by atoms with E-state index in [-0.39, 0.29) is 57.4 Å². The summed E-state index contributed by atoms with van der Waals surface area (Å²) in [5, 5.41) is 16.9. The molecule has 4 aromatic carbocycles. The van der Waals surface area contributed by atoms with Crippen molar-refractivity contribution >= 4 is 73.0 Å². The van der Waals surface area contributed by atoms with Crippen LogP contribution in [-0.2, 0) is 4.79 Å². The minimum absolute atomic E-state index is 0.00460. The number of aromatic nitrogens is 12. The Morgan fingerprint density at radius 3 is 1.47 bits per heavy atom. The highest BCUT2D eigenvalue weighted by molar-refractivity contribution is 6.00. The molecular formula is C54H50F2N16O4. The molecule has 6 N–H and O–H groups in total. The molecule has 2 aliphatic rings. The second kappa shape index (κ2) is 19.5. The smallest absolute Gasteiger partial charge is 0.261 e. The lowest BCUT2D eigenvalue weighted by Gasteiger charge is -2.21. The molecule has 76 heavy (non-hydrogen) atoms. The summed E-state index contributed by atoms with van der Waals surface area (Å²) in [5.41, 5.74) is 17.8. The molecule has 22 heteroatoms. The molecule has 384 valence electrons. The molecule has 2 atom stereocenters. The minimum Gasteiger partial charge on any atom is -0.383 e. The molecule has 12 rings (SSSR count). The summed E-state index contributed by atoms with van der Waals surface area (Å²) in [6.45, 7) is 5.42. The largest absolute Gasteiger partial charge is 0.383 e. The van der Waals surface area contributed by atoms with E-state index in [0.29, 0.717) is 80.2 Å². The number of fused-ring (bicyclic) bond motifs is 4. The number of rotatable bonds is 12. The third kappa shape index (κ3) is 8.79. The van der Waals surface area contributed by atoms with Gasteiger partial charge in [0.1, 0.15) is 71.0 Å². The van der Waals surface area contributed by atoms with E-state index in [1.807, 2.05) is 26.0 Å². The number of anilines is 3. The standard InChI is InChI=1S/2C27H25FN8O2/c1-3-21(25-33-20-11-6-16(28)12-19(20)27(38)35(25)18-9-10-18)36-26-22(24(29)30-13-31-26)23(34-36)15-4-7-17(8-5-15)32-14(2)37;1-3-20(24-33-19-11-8-16(28)12-18(19)27(38)35(24)17-9-10-17)36-25-21(23(29)31-13-32-25)22(34-36)14-4-6-15(7-5-14)26(37)30-2/h4-8,11-13,18,21H,3,9-10H2,1-2H3,(H,32,37)(H2,29,30,31);4-8,11-13,17,20H,3,9-10H2,1-2H3,(H,30,37)(H2,29,31,32). The van der Waals surface area contributed by atoms with Crippen LogP contribution in [0.15, 0.2) is 107 Å². The van der Waals surface area contributed by atoms with Gasteiger partial charge in [0.2, 0.25) is 5.91 Å². The fourth-order valence-electron chi connectivity index (χ4n) is 9.82. The fourth-order valence-corrected chi connectivity index (χ4v) is 9.82. The zero-order valence-electron chi connectivity index (χ0n) is 41.7. The van der Waals surface area contributed by atoms with Crippen molar-refractivity contribution in [2.45, 2.75) is 83.5 Å². The Kier molecular flexibility index (Phi) is 12.5. The molecule has 10 aromatic rings. The molecule has 2 amide bonds. The van der Waals surface area contributed by atoms with Crippen LogP contribution in [0.2, 0.25) is 0 Å². The van der Waals surface area contributed by atoms with Gasteiger partial charge in [0.05, 0.1) is 32.6 Å². The summed E-state index contributed by atoms with van der Waals surface area (Å²) < 4.78 is 34.8. The molecule has 6 aromatic heterocycles. The van der Waals surface area contributed by atoms with E-state index in [0.717, 1.165) is 36.8 Å². The molecule has 0 spiro atoms. The average Bonchev–Trinajstić information content (AvgIpc) is 4.41. The molecule has 0 saturated heterocycles. The minimum atomic E-state index is -0.476. The highest BCUT2D eigenvalue weighted by Crippen LogP contribution is 2.41. The number of nitrogens with one attached hydrogen (secondary N) is 2. The predicted molar refractivity (Wildman–Crippen MR) is 283 cm³/mol. The van der Waals surface area contributed by atoms with E-state index in [1.165, 1.54) is 56.0 Å². The van der Waals surface area contributed by atoms with E-state index < -0.39 is 23.7 Å². The van der Waals surface area contributed by atoms with Crippen LogP contribution in [0.3, 0.4) is 0 Å². The van der Waals surface area contributed by atoms with Gasteiger partial charge in [-0.25, -0.2) is 48.0 Å². The van der Waals surface area contributed by atoms with Gasteiger partial charge in [0.25, 0.3) is 17.0 Å². The molecule has 0 aliphatic heterocycles. The Morgan fingerprint density at radius 1 is 0.645 bits per heavy atom. The number of carbonyl (C=O) groups is 2. The van der Waals surface area contributed by atoms with E-state index in [2.05, 4.69) is 30.6 Å². The van der Waals surface area contributed by atoms with Crippen molar-refractivity contribution in [3.63, 3.8) is 0 Å². The first-order valence-corrected chi connectivity index (χ1v) is 24.9. The van der Waals surface area contributed by atoms with Crippen LogP contribution in [0.25, 0.3) is 66.4 Å². The SMILES string of the molecule is CCC(c1nc2ccc(F)cc2c(=O)n1C1CC1)n1nc(-c2ccc(C(=O)NC)cc2)c2c(N)ncnc21.CCC(c1nc2ccc(F)cc2c(=O)n1C1CC1)n1nc(-c2ccc(NC(C)=O)cc2)c2c(N)ncnc21. The lowest BCUT2D eigenvalue weighted by Crippen LogP contribution is -2.29. The molecule has 2 unspecified atom stereocenters. The maximum absolute atomic E-state index is 14.0. The number of hydrogen-bond acceptors (Lipinski definition) is 14. The number of amides is 2. The van der Waals surface area contributed by atoms with Crippen LogP contribution in [0.4, 0.5) is 26.1 Å². The second-order valence-corrected chi connectivity index (χ2v) is 18.8. The molecule has 6 heterocycles. The summed E-state index contributed by atoms with van der Waals surface area (Å²) in [6, 6.07) is 21.6. The Hall–Kier alpha value is -9.34. The Bertz CT molecular complexity index is 4070. The topological polar surface area (TPSA) is 267 Å². The molecule has 2 saturated carbocycles. The van der Waals surface area contributed by atoms with Gasteiger partial charge in [0.15, 0.2) is 11.3 Å². The molecule has 0 bridgehead atoms. The summed E-state index contributed by atoms with van der Waals surface area (Å²) in [4.78, 5) is 77.6. The van der Waals surface area contributed by atoms with Gasteiger partial charge in [-0.3, -0.25) is 28.3 Å². The van der Waals surface area contributed by atoms with Crippen molar-refractivity contribution in [2.24, 2.45) is 0 Å². The van der Waals surface area contributed by atoms with Crippen molar-refractivity contribution in [3.8, 4) is 22.5 Å². The average molecular weight is 1030 g/mol. The monoisotopic (exact) mass is 1020 g/mol. The van der Waals surface area contributed by atoms with Crippen molar-refractivity contribution in [2.75, 3.05) is 23.8 Å². The first-order valence-electron chi connectivity index (χ1n) is 24.9.